The van der Waals surface area contributed by atoms with Gasteiger partial charge in [-0.15, -0.1) is 0 Å². The van der Waals surface area contributed by atoms with Crippen molar-refractivity contribution >= 4 is 17.5 Å². The summed E-state index contributed by atoms with van der Waals surface area (Å²) in [4.78, 5) is 26.4. The quantitative estimate of drug-likeness (QED) is 0.836. The first-order chi connectivity index (χ1) is 12.6. The molecule has 2 amide bonds. The Morgan fingerprint density at radius 1 is 1.15 bits per heavy atom. The third-order valence-electron chi connectivity index (χ3n) is 4.65. The van der Waals surface area contributed by atoms with Gasteiger partial charge in [-0.1, -0.05) is 6.92 Å². The van der Waals surface area contributed by atoms with Gasteiger partial charge in [0.2, 0.25) is 5.91 Å². The molecule has 1 aliphatic rings. The lowest BCUT2D eigenvalue weighted by Gasteiger charge is -2.30. The van der Waals surface area contributed by atoms with Crippen molar-refractivity contribution in [2.45, 2.75) is 26.3 Å². The molecule has 0 atom stereocenters. The molecule has 3 rings (SSSR count). The van der Waals surface area contributed by atoms with Crippen LogP contribution >= 0.6 is 0 Å². The molecule has 2 heterocycles. The summed E-state index contributed by atoms with van der Waals surface area (Å²) in [7, 11) is 0. The minimum Gasteiger partial charge on any atom is -0.468 e. The predicted molar refractivity (Wildman–Crippen MR) is 99.8 cm³/mol. The van der Waals surface area contributed by atoms with Crippen molar-refractivity contribution in [3.8, 4) is 0 Å². The van der Waals surface area contributed by atoms with Crippen molar-refractivity contribution in [3.63, 3.8) is 0 Å². The molecule has 1 fully saturated rings. The first-order valence-corrected chi connectivity index (χ1v) is 9.04. The Bertz CT molecular complexity index is 717. The van der Waals surface area contributed by atoms with E-state index in [-0.39, 0.29) is 18.4 Å². The number of furan rings is 1. The second kappa shape index (κ2) is 8.67. The van der Waals surface area contributed by atoms with Gasteiger partial charge in [-0.3, -0.25) is 9.59 Å². The SMILES string of the molecule is CC1CCN(C(=O)c2ccc(NC(=O)CNCc3ccco3)cc2)CC1. The maximum atomic E-state index is 12.5. The van der Waals surface area contributed by atoms with Crippen molar-refractivity contribution in [3.05, 3.63) is 54.0 Å². The number of rotatable bonds is 6. The van der Waals surface area contributed by atoms with E-state index in [1.807, 2.05) is 17.0 Å². The molecular formula is C20H25N3O3. The number of nitrogens with zero attached hydrogens (tertiary/aromatic N) is 1. The highest BCUT2D eigenvalue weighted by molar-refractivity contribution is 5.96. The lowest BCUT2D eigenvalue weighted by molar-refractivity contribution is -0.115. The van der Waals surface area contributed by atoms with Crippen LogP contribution in [-0.4, -0.2) is 36.3 Å². The number of hydrogen-bond acceptors (Lipinski definition) is 4. The Balaban J connectivity index is 1.46. The molecule has 2 aromatic rings. The van der Waals surface area contributed by atoms with Crippen molar-refractivity contribution in [1.29, 1.82) is 0 Å². The van der Waals surface area contributed by atoms with Crippen molar-refractivity contribution < 1.29 is 14.0 Å². The van der Waals surface area contributed by atoms with Gasteiger partial charge in [0, 0.05) is 24.3 Å². The van der Waals surface area contributed by atoms with Crippen molar-refractivity contribution in [2.24, 2.45) is 5.92 Å². The lowest BCUT2D eigenvalue weighted by Crippen LogP contribution is -2.37. The summed E-state index contributed by atoms with van der Waals surface area (Å²) >= 11 is 0. The largest absolute Gasteiger partial charge is 0.468 e. The monoisotopic (exact) mass is 355 g/mol. The lowest BCUT2D eigenvalue weighted by atomic mass is 9.98. The molecule has 0 bridgehead atoms. The van der Waals surface area contributed by atoms with E-state index in [0.717, 1.165) is 31.7 Å². The van der Waals surface area contributed by atoms with Gasteiger partial charge in [-0.05, 0) is 55.2 Å². The average molecular weight is 355 g/mol. The van der Waals surface area contributed by atoms with Gasteiger partial charge in [-0.25, -0.2) is 0 Å². The van der Waals surface area contributed by atoms with Gasteiger partial charge in [0.05, 0.1) is 19.4 Å². The summed E-state index contributed by atoms with van der Waals surface area (Å²) in [5.41, 5.74) is 1.34. The third-order valence-corrected chi connectivity index (χ3v) is 4.65. The van der Waals surface area contributed by atoms with E-state index >= 15 is 0 Å². The Kier molecular flexibility index (Phi) is 6.07. The molecule has 6 heteroatoms. The topological polar surface area (TPSA) is 74.6 Å². The van der Waals surface area contributed by atoms with Crippen molar-refractivity contribution in [2.75, 3.05) is 25.0 Å². The number of likely N-dealkylation sites (tertiary alicyclic amines) is 1. The van der Waals surface area contributed by atoms with Crippen LogP contribution in [0.4, 0.5) is 5.69 Å². The van der Waals surface area contributed by atoms with Gasteiger partial charge in [0.15, 0.2) is 0 Å². The Morgan fingerprint density at radius 3 is 2.54 bits per heavy atom. The maximum absolute atomic E-state index is 12.5. The van der Waals surface area contributed by atoms with Crippen LogP contribution in [0.3, 0.4) is 0 Å². The summed E-state index contributed by atoms with van der Waals surface area (Å²) in [5.74, 6) is 1.40. The summed E-state index contributed by atoms with van der Waals surface area (Å²) in [6.07, 6.45) is 3.72. The number of hydrogen-bond donors (Lipinski definition) is 2. The molecule has 0 spiro atoms. The Labute approximate surface area is 153 Å². The van der Waals surface area contributed by atoms with E-state index in [1.54, 1.807) is 30.5 Å². The van der Waals surface area contributed by atoms with E-state index in [9.17, 15) is 9.59 Å². The van der Waals surface area contributed by atoms with E-state index in [1.165, 1.54) is 0 Å². The number of carbonyl (C=O) groups is 2. The number of carbonyl (C=O) groups excluding carboxylic acids is 2. The highest BCUT2D eigenvalue weighted by Gasteiger charge is 2.21. The van der Waals surface area contributed by atoms with Gasteiger partial charge >= 0.3 is 0 Å². The molecule has 0 aliphatic carbocycles. The Morgan fingerprint density at radius 2 is 1.88 bits per heavy atom. The molecule has 2 N–H and O–H groups in total. The van der Waals surface area contributed by atoms with E-state index < -0.39 is 0 Å². The standard InChI is InChI=1S/C20H25N3O3/c1-15-8-10-23(11-9-15)20(25)16-4-6-17(7-5-16)22-19(24)14-21-13-18-3-2-12-26-18/h2-7,12,15,21H,8-11,13-14H2,1H3,(H,22,24). The summed E-state index contributed by atoms with van der Waals surface area (Å²) in [6.45, 7) is 4.55. The van der Waals surface area contributed by atoms with Crippen molar-refractivity contribution in [1.82, 2.24) is 10.2 Å². The molecule has 6 nitrogen and oxygen atoms in total. The van der Waals surface area contributed by atoms with E-state index in [0.29, 0.717) is 23.7 Å². The first kappa shape index (κ1) is 18.2. The van der Waals surface area contributed by atoms with Gasteiger partial charge in [0.1, 0.15) is 5.76 Å². The summed E-state index contributed by atoms with van der Waals surface area (Å²) in [5, 5.41) is 5.83. The van der Waals surface area contributed by atoms with Gasteiger partial charge in [-0.2, -0.15) is 0 Å². The van der Waals surface area contributed by atoms with Gasteiger partial charge < -0.3 is 20.0 Å². The molecule has 1 saturated heterocycles. The molecule has 1 aromatic heterocycles. The summed E-state index contributed by atoms with van der Waals surface area (Å²) in [6, 6.07) is 10.7. The summed E-state index contributed by atoms with van der Waals surface area (Å²) < 4.78 is 5.19. The second-order valence-electron chi connectivity index (χ2n) is 6.78. The van der Waals surface area contributed by atoms with Crippen LogP contribution in [0.15, 0.2) is 47.1 Å². The number of amides is 2. The zero-order chi connectivity index (χ0) is 18.4. The van der Waals surface area contributed by atoms with E-state index in [2.05, 4.69) is 17.6 Å². The number of nitrogens with one attached hydrogen (secondary N) is 2. The predicted octanol–water partition coefficient (Wildman–Crippen LogP) is 2.88. The highest BCUT2D eigenvalue weighted by Crippen LogP contribution is 2.19. The minimum absolute atomic E-state index is 0.0647. The molecule has 1 aromatic carbocycles. The van der Waals surface area contributed by atoms with Crippen LogP contribution in [0.25, 0.3) is 0 Å². The number of benzene rings is 1. The van der Waals surface area contributed by atoms with Crippen LogP contribution in [0.2, 0.25) is 0 Å². The molecular weight excluding hydrogens is 330 g/mol. The van der Waals surface area contributed by atoms with Crippen LogP contribution in [-0.2, 0) is 11.3 Å². The van der Waals surface area contributed by atoms with Gasteiger partial charge in [0.25, 0.3) is 5.91 Å². The highest BCUT2D eigenvalue weighted by atomic mass is 16.3. The third kappa shape index (κ3) is 4.95. The van der Waals surface area contributed by atoms with E-state index in [4.69, 9.17) is 4.42 Å². The molecule has 1 aliphatic heterocycles. The minimum atomic E-state index is -0.138. The normalized spacial score (nSPS) is 15.0. The number of anilines is 1. The first-order valence-electron chi connectivity index (χ1n) is 9.04. The zero-order valence-corrected chi connectivity index (χ0v) is 15.0. The zero-order valence-electron chi connectivity index (χ0n) is 15.0. The molecule has 0 radical (unpaired) electrons. The maximum Gasteiger partial charge on any atom is 0.253 e. The average Bonchev–Trinajstić information content (AvgIpc) is 3.16. The smallest absolute Gasteiger partial charge is 0.253 e. The molecule has 0 saturated carbocycles. The fraction of sp³-hybridized carbons (Fsp3) is 0.400. The number of piperidine rings is 1. The van der Waals surface area contributed by atoms with Crippen LogP contribution in [0.5, 0.6) is 0 Å². The van der Waals surface area contributed by atoms with Crippen LogP contribution in [0.1, 0.15) is 35.9 Å². The second-order valence-corrected chi connectivity index (χ2v) is 6.78. The van der Waals surface area contributed by atoms with Crippen LogP contribution < -0.4 is 10.6 Å². The molecule has 26 heavy (non-hydrogen) atoms. The fourth-order valence-electron chi connectivity index (χ4n) is 3.01. The molecule has 0 unspecified atom stereocenters. The Hall–Kier alpha value is -2.60. The fourth-order valence-corrected chi connectivity index (χ4v) is 3.01. The van der Waals surface area contributed by atoms with Crippen LogP contribution in [0, 0.1) is 5.92 Å². The molecule has 138 valence electrons.